The summed E-state index contributed by atoms with van der Waals surface area (Å²) in [5, 5.41) is 8.90. The van der Waals surface area contributed by atoms with Gasteiger partial charge in [0.2, 0.25) is 10.0 Å². The number of hydrogen-bond acceptors (Lipinski definition) is 3. The van der Waals surface area contributed by atoms with Crippen molar-refractivity contribution >= 4 is 16.0 Å². The summed E-state index contributed by atoms with van der Waals surface area (Å²) in [5.41, 5.74) is 0.758. The van der Waals surface area contributed by atoms with Crippen LogP contribution in [0, 0.1) is 5.92 Å². The molecule has 0 aromatic heterocycles. The zero-order valence-corrected chi connectivity index (χ0v) is 12.9. The van der Waals surface area contributed by atoms with Crippen molar-refractivity contribution in [3.63, 3.8) is 0 Å². The van der Waals surface area contributed by atoms with Crippen LogP contribution in [0.1, 0.15) is 31.7 Å². The minimum atomic E-state index is -3.40. The highest BCUT2D eigenvalue weighted by atomic mass is 32.2. The Morgan fingerprint density at radius 1 is 1.38 bits per heavy atom. The van der Waals surface area contributed by atoms with E-state index in [2.05, 4.69) is 0 Å². The van der Waals surface area contributed by atoms with Gasteiger partial charge in [-0.1, -0.05) is 37.3 Å². The summed E-state index contributed by atoms with van der Waals surface area (Å²) in [4.78, 5) is 10.8. The Morgan fingerprint density at radius 3 is 2.67 bits per heavy atom. The molecule has 0 bridgehead atoms. The van der Waals surface area contributed by atoms with Crippen LogP contribution in [-0.4, -0.2) is 36.4 Å². The molecule has 6 heteroatoms. The van der Waals surface area contributed by atoms with E-state index in [1.807, 2.05) is 25.1 Å². The number of carboxylic acid groups (broad SMARTS) is 1. The van der Waals surface area contributed by atoms with Gasteiger partial charge in [-0.25, -0.2) is 8.42 Å². The van der Waals surface area contributed by atoms with E-state index >= 15 is 0 Å². The predicted molar refractivity (Wildman–Crippen MR) is 80.2 cm³/mol. The van der Waals surface area contributed by atoms with Crippen LogP contribution in [0.15, 0.2) is 30.3 Å². The van der Waals surface area contributed by atoms with Gasteiger partial charge in [-0.3, -0.25) is 4.79 Å². The van der Waals surface area contributed by atoms with Crippen LogP contribution in [0.5, 0.6) is 0 Å². The third kappa shape index (κ3) is 4.04. The topological polar surface area (TPSA) is 74.7 Å². The van der Waals surface area contributed by atoms with Crippen LogP contribution >= 0.6 is 0 Å². The molecule has 0 aliphatic carbocycles. The minimum absolute atomic E-state index is 0.00201. The summed E-state index contributed by atoms with van der Waals surface area (Å²) in [6.45, 7) is 2.30. The summed E-state index contributed by atoms with van der Waals surface area (Å²) in [7, 11) is -3.40. The number of aliphatic carboxylic acids is 1. The molecule has 2 rings (SSSR count). The maximum atomic E-state index is 12.6. The normalized spacial score (nSPS) is 21.3. The second-order valence-corrected chi connectivity index (χ2v) is 7.56. The van der Waals surface area contributed by atoms with Crippen molar-refractivity contribution in [1.29, 1.82) is 0 Å². The van der Waals surface area contributed by atoms with E-state index in [1.165, 1.54) is 4.31 Å². The molecule has 21 heavy (non-hydrogen) atoms. The highest BCUT2D eigenvalue weighted by molar-refractivity contribution is 7.88. The van der Waals surface area contributed by atoms with Crippen LogP contribution in [0.3, 0.4) is 0 Å². The fourth-order valence-corrected chi connectivity index (χ4v) is 4.87. The van der Waals surface area contributed by atoms with E-state index in [0.29, 0.717) is 6.54 Å². The van der Waals surface area contributed by atoms with E-state index in [9.17, 15) is 13.2 Å². The van der Waals surface area contributed by atoms with Crippen molar-refractivity contribution in [3.8, 4) is 0 Å². The van der Waals surface area contributed by atoms with Gasteiger partial charge in [0.1, 0.15) is 0 Å². The van der Waals surface area contributed by atoms with E-state index in [0.717, 1.165) is 18.4 Å². The smallest absolute Gasteiger partial charge is 0.303 e. The van der Waals surface area contributed by atoms with Gasteiger partial charge in [-0.2, -0.15) is 4.31 Å². The molecule has 1 fully saturated rings. The molecule has 0 spiro atoms. The highest BCUT2D eigenvalue weighted by Gasteiger charge is 2.37. The lowest BCUT2D eigenvalue weighted by Crippen LogP contribution is -2.40. The first kappa shape index (κ1) is 16.0. The molecule has 1 heterocycles. The molecule has 1 N–H and O–H groups in total. The number of benzene rings is 1. The number of nitrogens with zero attached hydrogens (tertiary/aromatic N) is 1. The lowest BCUT2D eigenvalue weighted by molar-refractivity contribution is -0.138. The van der Waals surface area contributed by atoms with Crippen molar-refractivity contribution in [2.45, 2.75) is 38.0 Å². The lowest BCUT2D eigenvalue weighted by atomic mass is 9.97. The van der Waals surface area contributed by atoms with Crippen LogP contribution in [-0.2, 0) is 20.6 Å². The summed E-state index contributed by atoms with van der Waals surface area (Å²) < 4.78 is 26.7. The first-order valence-corrected chi connectivity index (χ1v) is 8.76. The number of carboxylic acids is 1. The average molecular weight is 311 g/mol. The van der Waals surface area contributed by atoms with Gasteiger partial charge in [0.25, 0.3) is 0 Å². The van der Waals surface area contributed by atoms with E-state index < -0.39 is 16.0 Å². The molecule has 0 saturated carbocycles. The Morgan fingerprint density at radius 2 is 2.05 bits per heavy atom. The van der Waals surface area contributed by atoms with Crippen LogP contribution in [0.2, 0.25) is 0 Å². The molecule has 116 valence electrons. The monoisotopic (exact) mass is 311 g/mol. The first-order chi connectivity index (χ1) is 9.90. The molecule has 2 atom stereocenters. The van der Waals surface area contributed by atoms with Crippen molar-refractivity contribution in [1.82, 2.24) is 4.31 Å². The van der Waals surface area contributed by atoms with E-state index in [4.69, 9.17) is 5.11 Å². The van der Waals surface area contributed by atoms with Crippen LogP contribution in [0.4, 0.5) is 0 Å². The van der Waals surface area contributed by atoms with Crippen LogP contribution in [0.25, 0.3) is 0 Å². The summed E-state index contributed by atoms with van der Waals surface area (Å²) in [6, 6.07) is 8.88. The second kappa shape index (κ2) is 6.58. The molecule has 1 saturated heterocycles. The van der Waals surface area contributed by atoms with Gasteiger partial charge in [-0.05, 0) is 24.3 Å². The Balaban J connectivity index is 2.13. The first-order valence-electron chi connectivity index (χ1n) is 7.15. The molecule has 0 amide bonds. The molecule has 0 radical (unpaired) electrons. The molecule has 2 unspecified atom stereocenters. The fraction of sp³-hybridized carbons (Fsp3) is 0.533. The molecule has 5 nitrogen and oxygen atoms in total. The number of rotatable bonds is 6. The zero-order chi connectivity index (χ0) is 15.5. The molecular weight excluding hydrogens is 290 g/mol. The van der Waals surface area contributed by atoms with Gasteiger partial charge >= 0.3 is 5.97 Å². The zero-order valence-electron chi connectivity index (χ0n) is 12.1. The summed E-state index contributed by atoms with van der Waals surface area (Å²) in [6.07, 6.45) is 1.53. The quantitative estimate of drug-likeness (QED) is 0.873. The molecule has 1 aliphatic heterocycles. The van der Waals surface area contributed by atoms with Gasteiger partial charge in [0, 0.05) is 19.0 Å². The number of carbonyl (C=O) groups is 1. The summed E-state index contributed by atoms with van der Waals surface area (Å²) >= 11 is 0. The van der Waals surface area contributed by atoms with Crippen LogP contribution < -0.4 is 0 Å². The fourth-order valence-electron chi connectivity index (χ4n) is 2.96. The van der Waals surface area contributed by atoms with Crippen molar-refractivity contribution in [3.05, 3.63) is 35.9 Å². The Hall–Kier alpha value is -1.40. The lowest BCUT2D eigenvalue weighted by Gasteiger charge is -2.28. The minimum Gasteiger partial charge on any atom is -0.481 e. The van der Waals surface area contributed by atoms with Crippen molar-refractivity contribution in [2.24, 2.45) is 5.92 Å². The van der Waals surface area contributed by atoms with E-state index in [1.54, 1.807) is 12.1 Å². The molecule has 1 aliphatic rings. The van der Waals surface area contributed by atoms with Gasteiger partial charge < -0.3 is 5.11 Å². The maximum Gasteiger partial charge on any atom is 0.303 e. The maximum absolute atomic E-state index is 12.6. The largest absolute Gasteiger partial charge is 0.481 e. The standard InChI is InChI=1S/C15H21NO4S/c1-12(10-15(17)18)14-8-5-9-16(14)21(19,20)11-13-6-3-2-4-7-13/h2-4,6-7,12,14H,5,8-11H2,1H3,(H,17,18). The average Bonchev–Trinajstić information content (AvgIpc) is 2.88. The molecular formula is C15H21NO4S. The van der Waals surface area contributed by atoms with Gasteiger partial charge in [0.05, 0.1) is 5.75 Å². The van der Waals surface area contributed by atoms with Gasteiger partial charge in [0.15, 0.2) is 0 Å². The third-order valence-electron chi connectivity index (χ3n) is 3.95. The summed E-state index contributed by atoms with van der Waals surface area (Å²) in [5.74, 6) is -1.07. The molecule has 1 aromatic rings. The Kier molecular flexibility index (Phi) is 5.00. The van der Waals surface area contributed by atoms with Crippen molar-refractivity contribution < 1.29 is 18.3 Å². The Labute approximate surface area is 125 Å². The highest BCUT2D eigenvalue weighted by Crippen LogP contribution is 2.29. The van der Waals surface area contributed by atoms with Gasteiger partial charge in [-0.15, -0.1) is 0 Å². The SMILES string of the molecule is CC(CC(=O)O)C1CCCN1S(=O)(=O)Cc1ccccc1. The third-order valence-corrected chi connectivity index (χ3v) is 5.82. The second-order valence-electron chi connectivity index (χ2n) is 5.64. The van der Waals surface area contributed by atoms with E-state index in [-0.39, 0.29) is 24.1 Å². The van der Waals surface area contributed by atoms with Crippen molar-refractivity contribution in [2.75, 3.05) is 6.54 Å². The molecule has 1 aromatic carbocycles. The predicted octanol–water partition coefficient (Wildman–Crippen LogP) is 2.09. The number of hydrogen-bond donors (Lipinski definition) is 1. The number of sulfonamides is 1. The Bertz CT molecular complexity index is 585.